The van der Waals surface area contributed by atoms with Gasteiger partial charge in [0.15, 0.2) is 11.5 Å². The molecule has 2 aromatic carbocycles. The van der Waals surface area contributed by atoms with E-state index in [0.717, 1.165) is 23.8 Å². The van der Waals surface area contributed by atoms with E-state index in [1.807, 2.05) is 6.07 Å². The van der Waals surface area contributed by atoms with E-state index >= 15 is 0 Å². The quantitative estimate of drug-likeness (QED) is 0.753. The maximum Gasteiger partial charge on any atom is 0.231 e. The Hall–Kier alpha value is -1.96. The summed E-state index contributed by atoms with van der Waals surface area (Å²) in [6.45, 7) is 4.84. The Morgan fingerprint density at radius 1 is 0.864 bits per heavy atom. The average Bonchev–Trinajstić information content (AvgIpc) is 3.00. The van der Waals surface area contributed by atoms with Crippen molar-refractivity contribution in [2.75, 3.05) is 6.79 Å². The molecule has 2 aromatic rings. The van der Waals surface area contributed by atoms with Crippen LogP contribution in [0.5, 0.6) is 11.5 Å². The van der Waals surface area contributed by atoms with Crippen molar-refractivity contribution in [1.82, 2.24) is 0 Å². The summed E-state index contributed by atoms with van der Waals surface area (Å²) in [5, 5.41) is 0. The summed E-state index contributed by atoms with van der Waals surface area (Å²) in [5.74, 6) is 2.49. The Morgan fingerprint density at radius 2 is 1.50 bits per heavy atom. The third-order valence-electron chi connectivity index (χ3n) is 4.41. The van der Waals surface area contributed by atoms with Gasteiger partial charge in [-0.25, -0.2) is 0 Å². The number of rotatable bonds is 6. The Labute approximate surface area is 133 Å². The van der Waals surface area contributed by atoms with Crippen LogP contribution in [0.2, 0.25) is 0 Å². The summed E-state index contributed by atoms with van der Waals surface area (Å²) in [6, 6.07) is 15.2. The van der Waals surface area contributed by atoms with E-state index in [0.29, 0.717) is 6.79 Å². The van der Waals surface area contributed by atoms with Crippen LogP contribution in [0.1, 0.15) is 36.5 Å². The van der Waals surface area contributed by atoms with E-state index in [1.54, 1.807) is 0 Å². The van der Waals surface area contributed by atoms with Crippen molar-refractivity contribution in [3.05, 3.63) is 59.2 Å². The molecule has 1 aliphatic heterocycles. The number of fused-ring (bicyclic) bond motifs is 1. The molecule has 0 N–H and O–H groups in total. The predicted octanol–water partition coefficient (Wildman–Crippen LogP) is 4.93. The minimum atomic E-state index is 0.353. The lowest BCUT2D eigenvalue weighted by molar-refractivity contribution is 0.174. The fourth-order valence-corrected chi connectivity index (χ4v) is 2.82. The standard InChI is InChI=1S/C20H24O2/c1-15-3-7-17(8-4-15)9-5-16(2)6-10-18-11-12-19-20(13-18)22-14-21-19/h3-4,7-8,11-13,16H,5-6,9-10,14H2,1-2H3. The maximum absolute atomic E-state index is 5.44. The van der Waals surface area contributed by atoms with Gasteiger partial charge < -0.3 is 9.47 Å². The highest BCUT2D eigenvalue weighted by atomic mass is 16.7. The van der Waals surface area contributed by atoms with Crippen LogP contribution in [0, 0.1) is 12.8 Å². The lowest BCUT2D eigenvalue weighted by Crippen LogP contribution is -2.00. The molecule has 1 heterocycles. The fraction of sp³-hybridized carbons (Fsp3) is 0.400. The molecule has 0 saturated heterocycles. The largest absolute Gasteiger partial charge is 0.454 e. The lowest BCUT2D eigenvalue weighted by atomic mass is 9.94. The molecule has 0 aliphatic carbocycles. The monoisotopic (exact) mass is 296 g/mol. The highest BCUT2D eigenvalue weighted by Crippen LogP contribution is 2.33. The summed E-state index contributed by atoms with van der Waals surface area (Å²) in [6.07, 6.45) is 4.73. The first-order valence-electron chi connectivity index (χ1n) is 8.15. The molecular formula is C20H24O2. The zero-order valence-electron chi connectivity index (χ0n) is 13.5. The zero-order chi connectivity index (χ0) is 15.4. The zero-order valence-corrected chi connectivity index (χ0v) is 13.5. The van der Waals surface area contributed by atoms with Gasteiger partial charge in [0.1, 0.15) is 0 Å². The third-order valence-corrected chi connectivity index (χ3v) is 4.41. The van der Waals surface area contributed by atoms with Crippen LogP contribution in [-0.2, 0) is 12.8 Å². The molecule has 0 saturated carbocycles. The van der Waals surface area contributed by atoms with Crippen molar-refractivity contribution in [3.8, 4) is 11.5 Å². The van der Waals surface area contributed by atoms with Crippen LogP contribution in [0.25, 0.3) is 0 Å². The Bertz CT molecular complexity index is 616. The first-order valence-corrected chi connectivity index (χ1v) is 8.15. The number of ether oxygens (including phenoxy) is 2. The van der Waals surface area contributed by atoms with Crippen molar-refractivity contribution in [1.29, 1.82) is 0 Å². The smallest absolute Gasteiger partial charge is 0.231 e. The molecule has 1 atom stereocenters. The van der Waals surface area contributed by atoms with E-state index in [2.05, 4.69) is 50.2 Å². The second-order valence-corrected chi connectivity index (χ2v) is 6.36. The molecule has 2 heteroatoms. The summed E-state index contributed by atoms with van der Waals surface area (Å²) < 4.78 is 10.8. The van der Waals surface area contributed by atoms with Gasteiger partial charge in [-0.05, 0) is 61.8 Å². The van der Waals surface area contributed by atoms with Crippen LogP contribution in [0.15, 0.2) is 42.5 Å². The highest BCUT2D eigenvalue weighted by Gasteiger charge is 2.13. The van der Waals surface area contributed by atoms with E-state index < -0.39 is 0 Å². The Kier molecular flexibility index (Phi) is 4.67. The molecule has 0 fully saturated rings. The van der Waals surface area contributed by atoms with Gasteiger partial charge in [-0.2, -0.15) is 0 Å². The van der Waals surface area contributed by atoms with Gasteiger partial charge in [0.2, 0.25) is 6.79 Å². The van der Waals surface area contributed by atoms with Crippen LogP contribution >= 0.6 is 0 Å². The molecule has 0 bridgehead atoms. The van der Waals surface area contributed by atoms with Gasteiger partial charge in [-0.15, -0.1) is 0 Å². The molecule has 0 radical (unpaired) electrons. The minimum Gasteiger partial charge on any atom is -0.454 e. The van der Waals surface area contributed by atoms with Crippen molar-refractivity contribution >= 4 is 0 Å². The molecule has 2 nitrogen and oxygen atoms in total. The molecule has 22 heavy (non-hydrogen) atoms. The SMILES string of the molecule is Cc1ccc(CCC(C)CCc2ccc3c(c2)OCO3)cc1. The second-order valence-electron chi connectivity index (χ2n) is 6.36. The lowest BCUT2D eigenvalue weighted by Gasteiger charge is -2.12. The van der Waals surface area contributed by atoms with Crippen molar-refractivity contribution < 1.29 is 9.47 Å². The van der Waals surface area contributed by atoms with Crippen molar-refractivity contribution in [2.45, 2.75) is 39.5 Å². The van der Waals surface area contributed by atoms with Crippen LogP contribution in [0.3, 0.4) is 0 Å². The number of aryl methyl sites for hydroxylation is 3. The molecule has 1 aliphatic rings. The highest BCUT2D eigenvalue weighted by molar-refractivity contribution is 5.44. The van der Waals surface area contributed by atoms with Crippen LogP contribution in [-0.4, -0.2) is 6.79 Å². The van der Waals surface area contributed by atoms with Gasteiger partial charge in [0.25, 0.3) is 0 Å². The molecule has 0 amide bonds. The summed E-state index contributed by atoms with van der Waals surface area (Å²) >= 11 is 0. The Balaban J connectivity index is 1.46. The van der Waals surface area contributed by atoms with Crippen molar-refractivity contribution in [3.63, 3.8) is 0 Å². The first-order chi connectivity index (χ1) is 10.7. The van der Waals surface area contributed by atoms with E-state index in [-0.39, 0.29) is 0 Å². The predicted molar refractivity (Wildman–Crippen MR) is 89.6 cm³/mol. The topological polar surface area (TPSA) is 18.5 Å². The van der Waals surface area contributed by atoms with Crippen LogP contribution in [0.4, 0.5) is 0 Å². The summed E-state index contributed by atoms with van der Waals surface area (Å²) in [5.41, 5.74) is 4.12. The average molecular weight is 296 g/mol. The van der Waals surface area contributed by atoms with Gasteiger partial charge >= 0.3 is 0 Å². The van der Waals surface area contributed by atoms with Gasteiger partial charge in [-0.1, -0.05) is 42.8 Å². The summed E-state index contributed by atoms with van der Waals surface area (Å²) in [4.78, 5) is 0. The minimum absolute atomic E-state index is 0.353. The van der Waals surface area contributed by atoms with Gasteiger partial charge in [-0.3, -0.25) is 0 Å². The fourth-order valence-electron chi connectivity index (χ4n) is 2.82. The maximum atomic E-state index is 5.44. The first kappa shape index (κ1) is 15.0. The molecule has 0 aromatic heterocycles. The molecule has 1 unspecified atom stereocenters. The third kappa shape index (κ3) is 3.82. The van der Waals surface area contributed by atoms with Gasteiger partial charge in [0, 0.05) is 0 Å². The normalized spacial score (nSPS) is 14.1. The van der Waals surface area contributed by atoms with E-state index in [1.165, 1.54) is 36.0 Å². The molecule has 116 valence electrons. The number of hydrogen-bond donors (Lipinski definition) is 0. The van der Waals surface area contributed by atoms with Crippen molar-refractivity contribution in [2.24, 2.45) is 5.92 Å². The van der Waals surface area contributed by atoms with E-state index in [9.17, 15) is 0 Å². The van der Waals surface area contributed by atoms with Crippen LogP contribution < -0.4 is 9.47 Å². The number of benzene rings is 2. The summed E-state index contributed by atoms with van der Waals surface area (Å²) in [7, 11) is 0. The van der Waals surface area contributed by atoms with Gasteiger partial charge in [0.05, 0.1) is 0 Å². The molecular weight excluding hydrogens is 272 g/mol. The molecule has 0 spiro atoms. The Morgan fingerprint density at radius 3 is 2.27 bits per heavy atom. The molecule has 3 rings (SSSR count). The number of hydrogen-bond acceptors (Lipinski definition) is 2. The van der Waals surface area contributed by atoms with E-state index in [4.69, 9.17) is 9.47 Å². The second kappa shape index (κ2) is 6.87.